The molecule has 2 aliphatic heterocycles. The molecule has 2 fully saturated rings. The van der Waals surface area contributed by atoms with Crippen molar-refractivity contribution in [1.29, 1.82) is 0 Å². The first kappa shape index (κ1) is 18.4. The molecule has 2 heterocycles. The smallest absolute Gasteiger partial charge is 0.243 e. The summed E-state index contributed by atoms with van der Waals surface area (Å²) in [5.74, 6) is 0.169. The lowest BCUT2D eigenvalue weighted by Crippen LogP contribution is -2.51. The Labute approximate surface area is 150 Å². The number of piperazine rings is 1. The summed E-state index contributed by atoms with van der Waals surface area (Å²) in [6.45, 7) is 8.09. The normalized spacial score (nSPS) is 20.2. The summed E-state index contributed by atoms with van der Waals surface area (Å²) in [6.07, 6.45) is 2.18. The van der Waals surface area contributed by atoms with Crippen LogP contribution in [-0.4, -0.2) is 74.2 Å². The minimum absolute atomic E-state index is 0.169. The second kappa shape index (κ2) is 7.43. The van der Waals surface area contributed by atoms with Crippen LogP contribution in [0.3, 0.4) is 0 Å². The average Bonchev–Trinajstić information content (AvgIpc) is 3.12. The van der Waals surface area contributed by atoms with Gasteiger partial charge in [-0.05, 0) is 49.9 Å². The van der Waals surface area contributed by atoms with E-state index in [9.17, 15) is 13.2 Å². The van der Waals surface area contributed by atoms with Crippen LogP contribution in [0.4, 0.5) is 0 Å². The summed E-state index contributed by atoms with van der Waals surface area (Å²) in [4.78, 5) is 16.6. The molecule has 2 aliphatic rings. The molecule has 7 heteroatoms. The molecule has 0 saturated carbocycles. The molecule has 25 heavy (non-hydrogen) atoms. The van der Waals surface area contributed by atoms with E-state index >= 15 is 0 Å². The van der Waals surface area contributed by atoms with E-state index < -0.39 is 10.0 Å². The zero-order valence-electron chi connectivity index (χ0n) is 15.1. The Morgan fingerprint density at radius 1 is 0.960 bits per heavy atom. The second-order valence-corrected chi connectivity index (χ2v) is 8.95. The zero-order chi connectivity index (χ0) is 18.0. The largest absolute Gasteiger partial charge is 0.342 e. The fourth-order valence-corrected chi connectivity index (χ4v) is 4.92. The Kier molecular flexibility index (Phi) is 5.46. The lowest BCUT2D eigenvalue weighted by molar-refractivity contribution is -0.131. The lowest BCUT2D eigenvalue weighted by atomic mass is 10.1. The van der Waals surface area contributed by atoms with E-state index in [0.717, 1.165) is 37.1 Å². The van der Waals surface area contributed by atoms with E-state index in [0.29, 0.717) is 37.6 Å². The number of benzene rings is 1. The van der Waals surface area contributed by atoms with Crippen molar-refractivity contribution < 1.29 is 13.2 Å². The number of nitrogens with zero attached hydrogens (tertiary/aromatic N) is 3. The number of amides is 1. The molecule has 1 amide bonds. The molecule has 0 N–H and O–H groups in total. The summed E-state index contributed by atoms with van der Waals surface area (Å²) in [6, 6.07) is 5.28. The van der Waals surface area contributed by atoms with Crippen LogP contribution in [0.1, 0.15) is 24.0 Å². The number of hydrogen-bond acceptors (Lipinski definition) is 4. The maximum absolute atomic E-state index is 12.8. The molecule has 0 bridgehead atoms. The van der Waals surface area contributed by atoms with Gasteiger partial charge in [0.2, 0.25) is 15.9 Å². The summed E-state index contributed by atoms with van der Waals surface area (Å²) in [7, 11) is -3.46. The third-order valence-electron chi connectivity index (χ3n) is 5.27. The van der Waals surface area contributed by atoms with E-state index in [1.165, 1.54) is 4.31 Å². The van der Waals surface area contributed by atoms with E-state index in [1.54, 1.807) is 12.1 Å². The first-order chi connectivity index (χ1) is 11.9. The number of aryl methyl sites for hydroxylation is 2. The molecular weight excluding hydrogens is 338 g/mol. The molecule has 1 aromatic carbocycles. The predicted molar refractivity (Wildman–Crippen MR) is 96.9 cm³/mol. The van der Waals surface area contributed by atoms with Crippen molar-refractivity contribution in [3.63, 3.8) is 0 Å². The highest BCUT2D eigenvalue weighted by molar-refractivity contribution is 7.89. The molecule has 0 unspecified atom stereocenters. The van der Waals surface area contributed by atoms with Crippen molar-refractivity contribution in [2.45, 2.75) is 31.6 Å². The van der Waals surface area contributed by atoms with Crippen LogP contribution >= 0.6 is 0 Å². The van der Waals surface area contributed by atoms with E-state index in [-0.39, 0.29) is 5.91 Å². The number of sulfonamides is 1. The average molecular weight is 365 g/mol. The molecule has 0 atom stereocenters. The highest BCUT2D eigenvalue weighted by Gasteiger charge is 2.30. The van der Waals surface area contributed by atoms with Crippen LogP contribution in [0, 0.1) is 13.8 Å². The van der Waals surface area contributed by atoms with Crippen molar-refractivity contribution in [1.82, 2.24) is 14.1 Å². The van der Waals surface area contributed by atoms with E-state index in [4.69, 9.17) is 0 Å². The summed E-state index contributed by atoms with van der Waals surface area (Å²) in [5.41, 5.74) is 2.07. The zero-order valence-corrected chi connectivity index (χ0v) is 15.9. The molecule has 3 rings (SSSR count). The Morgan fingerprint density at radius 2 is 1.60 bits per heavy atom. The second-order valence-electron chi connectivity index (χ2n) is 7.01. The van der Waals surface area contributed by atoms with E-state index in [1.807, 2.05) is 24.8 Å². The van der Waals surface area contributed by atoms with Crippen LogP contribution in [0.5, 0.6) is 0 Å². The van der Waals surface area contributed by atoms with Gasteiger partial charge < -0.3 is 4.90 Å². The third kappa shape index (κ3) is 4.04. The number of rotatable bonds is 4. The number of hydrogen-bond donors (Lipinski definition) is 0. The Balaban J connectivity index is 1.59. The van der Waals surface area contributed by atoms with Gasteiger partial charge in [0.05, 0.1) is 11.4 Å². The fourth-order valence-electron chi connectivity index (χ4n) is 3.41. The van der Waals surface area contributed by atoms with Crippen molar-refractivity contribution in [2.24, 2.45) is 0 Å². The van der Waals surface area contributed by atoms with Crippen LogP contribution in [-0.2, 0) is 14.8 Å². The minimum atomic E-state index is -3.46. The molecule has 6 nitrogen and oxygen atoms in total. The molecule has 0 aromatic heterocycles. The Hall–Kier alpha value is -1.44. The number of likely N-dealkylation sites (tertiary alicyclic amines) is 1. The van der Waals surface area contributed by atoms with Gasteiger partial charge in [-0.25, -0.2) is 8.42 Å². The van der Waals surface area contributed by atoms with Crippen molar-refractivity contribution >= 4 is 15.9 Å². The highest BCUT2D eigenvalue weighted by Crippen LogP contribution is 2.20. The van der Waals surface area contributed by atoms with Crippen molar-refractivity contribution in [2.75, 3.05) is 45.8 Å². The molecule has 1 aromatic rings. The van der Waals surface area contributed by atoms with Gasteiger partial charge in [-0.2, -0.15) is 4.31 Å². The standard InChI is InChI=1S/C18H27N3O3S/c1-15-5-6-17(13-16(15)2)25(23,24)21-11-9-19(10-12-21)14-18(22)20-7-3-4-8-20/h5-6,13H,3-4,7-12,14H2,1-2H3. The quantitative estimate of drug-likeness (QED) is 0.805. The van der Waals surface area contributed by atoms with Crippen molar-refractivity contribution in [3.05, 3.63) is 29.3 Å². The first-order valence-corrected chi connectivity index (χ1v) is 10.4. The van der Waals surface area contributed by atoms with Gasteiger partial charge in [0.25, 0.3) is 0 Å². The van der Waals surface area contributed by atoms with E-state index in [2.05, 4.69) is 4.90 Å². The lowest BCUT2D eigenvalue weighted by Gasteiger charge is -2.34. The monoisotopic (exact) mass is 365 g/mol. The summed E-state index contributed by atoms with van der Waals surface area (Å²) < 4.78 is 27.2. The first-order valence-electron chi connectivity index (χ1n) is 8.95. The van der Waals surface area contributed by atoms with Crippen LogP contribution in [0.15, 0.2) is 23.1 Å². The van der Waals surface area contributed by atoms with Gasteiger partial charge in [-0.15, -0.1) is 0 Å². The fraction of sp³-hybridized carbons (Fsp3) is 0.611. The van der Waals surface area contributed by atoms with Crippen LogP contribution in [0.2, 0.25) is 0 Å². The molecule has 0 spiro atoms. The Morgan fingerprint density at radius 3 is 2.20 bits per heavy atom. The number of carbonyl (C=O) groups is 1. The third-order valence-corrected chi connectivity index (χ3v) is 7.16. The number of carbonyl (C=O) groups excluding carboxylic acids is 1. The molecule has 0 radical (unpaired) electrons. The van der Waals surface area contributed by atoms with Gasteiger partial charge in [-0.1, -0.05) is 6.07 Å². The topological polar surface area (TPSA) is 60.9 Å². The summed E-state index contributed by atoms with van der Waals surface area (Å²) in [5, 5.41) is 0. The highest BCUT2D eigenvalue weighted by atomic mass is 32.2. The maximum Gasteiger partial charge on any atom is 0.243 e. The van der Waals surface area contributed by atoms with Gasteiger partial charge in [0.15, 0.2) is 0 Å². The van der Waals surface area contributed by atoms with Crippen LogP contribution in [0.25, 0.3) is 0 Å². The molecule has 2 saturated heterocycles. The van der Waals surface area contributed by atoms with Gasteiger partial charge >= 0.3 is 0 Å². The molecular formula is C18H27N3O3S. The molecule has 0 aliphatic carbocycles. The Bertz CT molecular complexity index is 734. The van der Waals surface area contributed by atoms with Gasteiger partial charge in [-0.3, -0.25) is 9.69 Å². The summed E-state index contributed by atoms with van der Waals surface area (Å²) >= 11 is 0. The van der Waals surface area contributed by atoms with Crippen LogP contribution < -0.4 is 0 Å². The molecule has 138 valence electrons. The van der Waals surface area contributed by atoms with Gasteiger partial charge in [0.1, 0.15) is 0 Å². The van der Waals surface area contributed by atoms with Gasteiger partial charge in [0, 0.05) is 39.3 Å². The maximum atomic E-state index is 12.8. The SMILES string of the molecule is Cc1ccc(S(=O)(=O)N2CCN(CC(=O)N3CCCC3)CC2)cc1C. The predicted octanol–water partition coefficient (Wildman–Crippen LogP) is 1.23. The minimum Gasteiger partial charge on any atom is -0.342 e. The van der Waals surface area contributed by atoms with Crippen molar-refractivity contribution in [3.8, 4) is 0 Å².